The summed E-state index contributed by atoms with van der Waals surface area (Å²) in [5, 5.41) is 1.04. The van der Waals surface area contributed by atoms with Crippen molar-refractivity contribution in [2.24, 2.45) is 0 Å². The lowest BCUT2D eigenvalue weighted by molar-refractivity contribution is 0.104. The smallest absolute Gasteiger partial charge is 0.195 e. The van der Waals surface area contributed by atoms with Crippen molar-refractivity contribution in [3.63, 3.8) is 0 Å². The molecule has 1 heterocycles. The molecule has 3 aromatic rings. The summed E-state index contributed by atoms with van der Waals surface area (Å²) in [5.41, 5.74) is 3.80. The fraction of sp³-hybridized carbons (Fsp3) is 0.211. The summed E-state index contributed by atoms with van der Waals surface area (Å²) in [6.07, 6.45) is 3.05. The van der Waals surface area contributed by atoms with Crippen molar-refractivity contribution >= 4 is 16.7 Å². The third-order valence-corrected chi connectivity index (χ3v) is 3.78. The van der Waals surface area contributed by atoms with Gasteiger partial charge in [-0.25, -0.2) is 0 Å². The molecule has 0 aliphatic carbocycles. The van der Waals surface area contributed by atoms with Crippen LogP contribution in [0, 0.1) is 6.92 Å². The molecule has 0 N–H and O–H groups in total. The van der Waals surface area contributed by atoms with Crippen molar-refractivity contribution in [2.75, 3.05) is 0 Å². The monoisotopic (exact) mass is 277 g/mol. The first-order valence-corrected chi connectivity index (χ1v) is 7.40. The highest BCUT2D eigenvalue weighted by molar-refractivity contribution is 6.16. The number of benzene rings is 2. The van der Waals surface area contributed by atoms with Gasteiger partial charge in [0.25, 0.3) is 0 Å². The molecule has 1 aromatic heterocycles. The molecule has 21 heavy (non-hydrogen) atoms. The number of aromatic nitrogens is 1. The summed E-state index contributed by atoms with van der Waals surface area (Å²) in [7, 11) is 0. The second-order valence-corrected chi connectivity index (χ2v) is 5.45. The number of rotatable bonds is 4. The molecule has 3 rings (SSSR count). The van der Waals surface area contributed by atoms with Gasteiger partial charge in [0.1, 0.15) is 0 Å². The number of hydrogen-bond donors (Lipinski definition) is 0. The van der Waals surface area contributed by atoms with E-state index in [1.807, 2.05) is 55.6 Å². The molecule has 0 amide bonds. The van der Waals surface area contributed by atoms with Crippen molar-refractivity contribution in [2.45, 2.75) is 26.8 Å². The number of carbonyl (C=O) groups excluding carboxylic acids is 1. The fourth-order valence-electron chi connectivity index (χ4n) is 2.80. The van der Waals surface area contributed by atoms with Gasteiger partial charge in [0.2, 0.25) is 0 Å². The van der Waals surface area contributed by atoms with Crippen molar-refractivity contribution in [3.05, 3.63) is 71.4 Å². The molecule has 106 valence electrons. The second kappa shape index (κ2) is 5.57. The number of carbonyl (C=O) groups is 1. The fourth-order valence-corrected chi connectivity index (χ4v) is 2.80. The maximum absolute atomic E-state index is 12.8. The first kappa shape index (κ1) is 13.6. The average molecular weight is 277 g/mol. The van der Waals surface area contributed by atoms with Crippen LogP contribution in [0.5, 0.6) is 0 Å². The van der Waals surface area contributed by atoms with E-state index in [0.717, 1.165) is 40.6 Å². The SMILES string of the molecule is CCCn1cc(C(=O)c2cccc(C)c2)c2ccccc21. The maximum Gasteiger partial charge on any atom is 0.195 e. The van der Waals surface area contributed by atoms with Crippen LogP contribution in [0.4, 0.5) is 0 Å². The van der Waals surface area contributed by atoms with E-state index in [0.29, 0.717) is 0 Å². The van der Waals surface area contributed by atoms with Crippen LogP contribution in [0.25, 0.3) is 10.9 Å². The number of nitrogens with zero attached hydrogens (tertiary/aromatic N) is 1. The zero-order chi connectivity index (χ0) is 14.8. The van der Waals surface area contributed by atoms with Gasteiger partial charge in [-0.05, 0) is 25.5 Å². The van der Waals surface area contributed by atoms with Gasteiger partial charge in [-0.3, -0.25) is 4.79 Å². The van der Waals surface area contributed by atoms with Crippen molar-refractivity contribution < 1.29 is 4.79 Å². The van der Waals surface area contributed by atoms with Gasteiger partial charge in [0.05, 0.1) is 0 Å². The Kier molecular flexibility index (Phi) is 3.61. The average Bonchev–Trinajstić information content (AvgIpc) is 2.86. The molecular weight excluding hydrogens is 258 g/mol. The van der Waals surface area contributed by atoms with Gasteiger partial charge in [0, 0.05) is 34.8 Å². The van der Waals surface area contributed by atoms with Crippen LogP contribution in [-0.2, 0) is 6.54 Å². The third-order valence-electron chi connectivity index (χ3n) is 3.78. The minimum absolute atomic E-state index is 0.102. The first-order chi connectivity index (χ1) is 10.2. The van der Waals surface area contributed by atoms with Crippen LogP contribution in [-0.4, -0.2) is 10.4 Å². The van der Waals surface area contributed by atoms with E-state index in [1.54, 1.807) is 0 Å². The van der Waals surface area contributed by atoms with Crippen LogP contribution in [0.3, 0.4) is 0 Å². The Morgan fingerprint density at radius 3 is 2.67 bits per heavy atom. The van der Waals surface area contributed by atoms with E-state index < -0.39 is 0 Å². The van der Waals surface area contributed by atoms with Gasteiger partial charge in [-0.15, -0.1) is 0 Å². The van der Waals surface area contributed by atoms with E-state index in [4.69, 9.17) is 0 Å². The Morgan fingerprint density at radius 2 is 1.90 bits per heavy atom. The van der Waals surface area contributed by atoms with Crippen LogP contribution >= 0.6 is 0 Å². The molecule has 0 fully saturated rings. The zero-order valence-corrected chi connectivity index (χ0v) is 12.5. The summed E-state index contributed by atoms with van der Waals surface area (Å²) >= 11 is 0. The lowest BCUT2D eigenvalue weighted by atomic mass is 10.0. The minimum Gasteiger partial charge on any atom is -0.347 e. The molecule has 2 aromatic carbocycles. The normalized spacial score (nSPS) is 11.0. The molecule has 2 nitrogen and oxygen atoms in total. The summed E-state index contributed by atoms with van der Waals surface area (Å²) in [5.74, 6) is 0.102. The van der Waals surface area contributed by atoms with Crippen LogP contribution < -0.4 is 0 Å². The third kappa shape index (κ3) is 2.49. The number of hydrogen-bond acceptors (Lipinski definition) is 1. The molecule has 0 saturated heterocycles. The molecule has 0 bridgehead atoms. The molecule has 0 aliphatic heterocycles. The predicted octanol–water partition coefficient (Wildman–Crippen LogP) is 4.59. The molecule has 0 saturated carbocycles. The zero-order valence-electron chi connectivity index (χ0n) is 12.5. The molecule has 0 unspecified atom stereocenters. The van der Waals surface area contributed by atoms with Crippen LogP contribution in [0.2, 0.25) is 0 Å². The van der Waals surface area contributed by atoms with Gasteiger partial charge in [-0.2, -0.15) is 0 Å². The lowest BCUT2D eigenvalue weighted by Crippen LogP contribution is -2.01. The van der Waals surface area contributed by atoms with Crippen molar-refractivity contribution in [1.29, 1.82) is 0 Å². The Morgan fingerprint density at radius 1 is 1.10 bits per heavy atom. The summed E-state index contributed by atoms with van der Waals surface area (Å²) in [4.78, 5) is 12.8. The Labute approximate surface area is 125 Å². The van der Waals surface area contributed by atoms with E-state index in [2.05, 4.69) is 17.6 Å². The molecule has 2 heteroatoms. The molecule has 0 atom stereocenters. The Hall–Kier alpha value is -2.35. The number of fused-ring (bicyclic) bond motifs is 1. The van der Waals surface area contributed by atoms with Crippen molar-refractivity contribution in [3.8, 4) is 0 Å². The number of para-hydroxylation sites is 1. The Bertz CT molecular complexity index is 798. The molecular formula is C19H19NO. The summed E-state index contributed by atoms with van der Waals surface area (Å²) < 4.78 is 2.18. The molecule has 0 aliphatic rings. The van der Waals surface area contributed by atoms with Crippen molar-refractivity contribution in [1.82, 2.24) is 4.57 Å². The first-order valence-electron chi connectivity index (χ1n) is 7.40. The minimum atomic E-state index is 0.102. The predicted molar refractivity (Wildman–Crippen MR) is 86.8 cm³/mol. The summed E-state index contributed by atoms with van der Waals surface area (Å²) in [6, 6.07) is 15.9. The van der Waals surface area contributed by atoms with E-state index >= 15 is 0 Å². The number of aryl methyl sites for hydroxylation is 2. The quantitative estimate of drug-likeness (QED) is 0.639. The van der Waals surface area contributed by atoms with E-state index in [1.165, 1.54) is 0 Å². The van der Waals surface area contributed by atoms with E-state index in [-0.39, 0.29) is 5.78 Å². The topological polar surface area (TPSA) is 22.0 Å². The molecule has 0 spiro atoms. The molecule has 0 radical (unpaired) electrons. The Balaban J connectivity index is 2.14. The highest BCUT2D eigenvalue weighted by Crippen LogP contribution is 2.24. The van der Waals surface area contributed by atoms with Crippen LogP contribution in [0.1, 0.15) is 34.8 Å². The highest BCUT2D eigenvalue weighted by atomic mass is 16.1. The largest absolute Gasteiger partial charge is 0.347 e. The van der Waals surface area contributed by atoms with Gasteiger partial charge >= 0.3 is 0 Å². The summed E-state index contributed by atoms with van der Waals surface area (Å²) in [6.45, 7) is 5.09. The second-order valence-electron chi connectivity index (χ2n) is 5.45. The van der Waals surface area contributed by atoms with Gasteiger partial charge in [-0.1, -0.05) is 48.9 Å². The standard InChI is InChI=1S/C19H19NO/c1-3-11-20-13-17(16-9-4-5-10-18(16)20)19(21)15-8-6-7-14(2)12-15/h4-10,12-13H,3,11H2,1-2H3. The van der Waals surface area contributed by atoms with Gasteiger partial charge < -0.3 is 4.57 Å². The number of ketones is 1. The lowest BCUT2D eigenvalue weighted by Gasteiger charge is -2.01. The van der Waals surface area contributed by atoms with Crippen LogP contribution in [0.15, 0.2) is 54.7 Å². The van der Waals surface area contributed by atoms with E-state index in [9.17, 15) is 4.79 Å². The maximum atomic E-state index is 12.8. The van der Waals surface area contributed by atoms with Gasteiger partial charge in [0.15, 0.2) is 5.78 Å². The highest BCUT2D eigenvalue weighted by Gasteiger charge is 2.16.